The molecule has 0 unspecified atom stereocenters. The first-order valence-electron chi connectivity index (χ1n) is 9.08. The smallest absolute Gasteiger partial charge is 0.162 e. The summed E-state index contributed by atoms with van der Waals surface area (Å²) in [5.41, 5.74) is 1.68. The number of hydrogen-bond acceptors (Lipinski definition) is 5. The zero-order valence-electron chi connectivity index (χ0n) is 16.1. The maximum absolute atomic E-state index is 12.5. The van der Waals surface area contributed by atoms with Gasteiger partial charge in [-0.25, -0.2) is 0 Å². The number of rotatable bonds is 8. The van der Waals surface area contributed by atoms with Gasteiger partial charge in [-0.15, -0.1) is 0 Å². The number of benzene rings is 1. The van der Waals surface area contributed by atoms with Gasteiger partial charge < -0.3 is 19.3 Å². The summed E-state index contributed by atoms with van der Waals surface area (Å²) in [5.74, 6) is 0.604. The molecule has 0 radical (unpaired) electrons. The van der Waals surface area contributed by atoms with Gasteiger partial charge in [0.25, 0.3) is 0 Å². The van der Waals surface area contributed by atoms with E-state index in [0.717, 1.165) is 11.3 Å². The molecule has 1 saturated heterocycles. The lowest BCUT2D eigenvalue weighted by Gasteiger charge is -2.38. The summed E-state index contributed by atoms with van der Waals surface area (Å²) in [5, 5.41) is 9.90. The number of ether oxygens (including phenoxy) is 3. The maximum Gasteiger partial charge on any atom is 0.162 e. The Balaban J connectivity index is 1.97. The molecule has 0 aromatic heterocycles. The van der Waals surface area contributed by atoms with Crippen LogP contribution in [-0.2, 0) is 20.7 Å². The van der Waals surface area contributed by atoms with Gasteiger partial charge in [0, 0.05) is 24.7 Å². The number of ketones is 1. The molecule has 5 atom stereocenters. The highest BCUT2D eigenvalue weighted by molar-refractivity contribution is 5.82. The highest BCUT2D eigenvalue weighted by Gasteiger charge is 2.36. The molecule has 1 aromatic carbocycles. The summed E-state index contributed by atoms with van der Waals surface area (Å²) in [6, 6.07) is 7.78. The summed E-state index contributed by atoms with van der Waals surface area (Å²) >= 11 is 0. The van der Waals surface area contributed by atoms with Gasteiger partial charge in [-0.1, -0.05) is 38.1 Å². The Morgan fingerprint density at radius 2 is 2.04 bits per heavy atom. The van der Waals surface area contributed by atoms with Gasteiger partial charge in [-0.05, 0) is 24.6 Å². The zero-order chi connectivity index (χ0) is 19.3. The minimum atomic E-state index is -0.796. The highest BCUT2D eigenvalue weighted by Crippen LogP contribution is 2.28. The molecule has 2 rings (SSSR count). The third-order valence-electron chi connectivity index (χ3n) is 4.94. The first-order valence-corrected chi connectivity index (χ1v) is 9.08. The van der Waals surface area contributed by atoms with E-state index >= 15 is 0 Å². The molecule has 0 amide bonds. The predicted molar refractivity (Wildman–Crippen MR) is 100 cm³/mol. The summed E-state index contributed by atoms with van der Waals surface area (Å²) in [7, 11) is 1.64. The molecule has 1 aliphatic heterocycles. The molecule has 1 heterocycles. The monoisotopic (exact) mass is 362 g/mol. The largest absolute Gasteiger partial charge is 0.497 e. The van der Waals surface area contributed by atoms with Crippen molar-refractivity contribution < 1.29 is 24.1 Å². The van der Waals surface area contributed by atoms with Gasteiger partial charge >= 0.3 is 0 Å². The summed E-state index contributed by atoms with van der Waals surface area (Å²) in [6.07, 6.45) is -0.715. The van der Waals surface area contributed by atoms with Crippen LogP contribution in [0.3, 0.4) is 0 Å². The third kappa shape index (κ3) is 5.40. The lowest BCUT2D eigenvalue weighted by atomic mass is 9.87. The summed E-state index contributed by atoms with van der Waals surface area (Å²) in [6.45, 7) is 9.86. The van der Waals surface area contributed by atoms with E-state index in [4.69, 9.17) is 14.2 Å². The average molecular weight is 362 g/mol. The van der Waals surface area contributed by atoms with Crippen molar-refractivity contribution in [1.82, 2.24) is 0 Å². The van der Waals surface area contributed by atoms with Crippen LogP contribution in [0.5, 0.6) is 5.75 Å². The average Bonchev–Trinajstić information content (AvgIpc) is 2.63. The third-order valence-corrected chi connectivity index (χ3v) is 4.94. The Morgan fingerprint density at radius 3 is 2.62 bits per heavy atom. The Bertz CT molecular complexity index is 609. The SMILES string of the molecule is C=C(C)[C@@H](O)CC(=O)[C@H](C)[C@H]1O[C@@H](Cc2ccc(OC)cc2)OC[C@@H]1C. The van der Waals surface area contributed by atoms with Crippen LogP contribution in [0.1, 0.15) is 32.8 Å². The predicted octanol–water partition coefficient (Wildman–Crippen LogP) is 3.15. The van der Waals surface area contributed by atoms with Crippen LogP contribution in [0.2, 0.25) is 0 Å². The standard InChI is InChI=1S/C21H30O5/c1-13(2)18(22)11-19(23)15(4)21-14(3)12-25-20(26-21)10-16-6-8-17(24-5)9-7-16/h6-9,14-15,18,20-22H,1,10-12H2,2-5H3/t14-,15-,18-,20-,21-/m0/s1. The fourth-order valence-electron chi connectivity index (χ4n) is 3.11. The second kappa shape index (κ2) is 9.31. The molecule has 1 aromatic rings. The van der Waals surface area contributed by atoms with Crippen molar-refractivity contribution in [3.8, 4) is 5.75 Å². The van der Waals surface area contributed by atoms with E-state index in [-0.39, 0.29) is 36.4 Å². The van der Waals surface area contributed by atoms with Crippen LogP contribution < -0.4 is 4.74 Å². The molecule has 144 valence electrons. The second-order valence-corrected chi connectivity index (χ2v) is 7.21. The fraction of sp³-hybridized carbons (Fsp3) is 0.571. The van der Waals surface area contributed by atoms with Crippen molar-refractivity contribution in [3.05, 3.63) is 42.0 Å². The molecular formula is C21H30O5. The van der Waals surface area contributed by atoms with E-state index in [1.54, 1.807) is 14.0 Å². The van der Waals surface area contributed by atoms with E-state index in [2.05, 4.69) is 6.58 Å². The molecule has 0 bridgehead atoms. The minimum absolute atomic E-state index is 0.0116. The van der Waals surface area contributed by atoms with E-state index in [9.17, 15) is 9.90 Å². The molecule has 1 N–H and O–H groups in total. The minimum Gasteiger partial charge on any atom is -0.497 e. The molecule has 1 aliphatic rings. The van der Waals surface area contributed by atoms with E-state index in [1.807, 2.05) is 38.1 Å². The van der Waals surface area contributed by atoms with E-state index in [1.165, 1.54) is 0 Å². The number of Topliss-reactive ketones (excluding diaryl/α,β-unsaturated/α-hetero) is 1. The number of aliphatic hydroxyl groups excluding tert-OH is 1. The van der Waals surface area contributed by atoms with Crippen LogP contribution >= 0.6 is 0 Å². The lowest BCUT2D eigenvalue weighted by molar-refractivity contribution is -0.242. The van der Waals surface area contributed by atoms with Crippen LogP contribution in [0, 0.1) is 11.8 Å². The zero-order valence-corrected chi connectivity index (χ0v) is 16.1. The second-order valence-electron chi connectivity index (χ2n) is 7.21. The van der Waals surface area contributed by atoms with Gasteiger partial charge in [-0.2, -0.15) is 0 Å². The number of carbonyl (C=O) groups excluding carboxylic acids is 1. The van der Waals surface area contributed by atoms with Gasteiger partial charge in [0.05, 0.1) is 25.9 Å². The number of hydrogen-bond donors (Lipinski definition) is 1. The van der Waals surface area contributed by atoms with Crippen molar-refractivity contribution in [2.75, 3.05) is 13.7 Å². The van der Waals surface area contributed by atoms with Crippen molar-refractivity contribution in [1.29, 1.82) is 0 Å². The quantitative estimate of drug-likeness (QED) is 0.720. The molecule has 0 saturated carbocycles. The van der Waals surface area contributed by atoms with Crippen molar-refractivity contribution in [2.45, 2.75) is 52.1 Å². The van der Waals surface area contributed by atoms with E-state index < -0.39 is 6.10 Å². The highest BCUT2D eigenvalue weighted by atomic mass is 16.7. The maximum atomic E-state index is 12.5. The van der Waals surface area contributed by atoms with Gasteiger partial charge in [0.2, 0.25) is 0 Å². The topological polar surface area (TPSA) is 65.0 Å². The summed E-state index contributed by atoms with van der Waals surface area (Å²) < 4.78 is 17.1. The van der Waals surface area contributed by atoms with E-state index in [0.29, 0.717) is 18.6 Å². The van der Waals surface area contributed by atoms with Gasteiger partial charge in [-0.3, -0.25) is 4.79 Å². The van der Waals surface area contributed by atoms with Crippen molar-refractivity contribution in [2.24, 2.45) is 11.8 Å². The Hall–Kier alpha value is -1.69. The number of aliphatic hydroxyl groups is 1. The molecule has 26 heavy (non-hydrogen) atoms. The van der Waals surface area contributed by atoms with Gasteiger partial charge in [0.15, 0.2) is 6.29 Å². The molecule has 0 spiro atoms. The van der Waals surface area contributed by atoms with Crippen molar-refractivity contribution in [3.63, 3.8) is 0 Å². The molecule has 1 fully saturated rings. The Kier molecular flexibility index (Phi) is 7.38. The molecule has 0 aliphatic carbocycles. The van der Waals surface area contributed by atoms with Gasteiger partial charge in [0.1, 0.15) is 11.5 Å². The lowest BCUT2D eigenvalue weighted by Crippen LogP contribution is -2.45. The first-order chi connectivity index (χ1) is 12.3. The number of methoxy groups -OCH3 is 1. The Labute approximate surface area is 156 Å². The normalized spacial score (nSPS) is 25.3. The molecule has 5 nitrogen and oxygen atoms in total. The van der Waals surface area contributed by atoms with Crippen LogP contribution in [0.15, 0.2) is 36.4 Å². The number of carbonyl (C=O) groups is 1. The molecule has 5 heteroatoms. The summed E-state index contributed by atoms with van der Waals surface area (Å²) in [4.78, 5) is 12.5. The molecular weight excluding hydrogens is 332 g/mol. The van der Waals surface area contributed by atoms with Crippen LogP contribution in [0.25, 0.3) is 0 Å². The van der Waals surface area contributed by atoms with Crippen LogP contribution in [0.4, 0.5) is 0 Å². The van der Waals surface area contributed by atoms with Crippen molar-refractivity contribution >= 4 is 5.78 Å². The first kappa shape index (κ1) is 20.6. The Morgan fingerprint density at radius 1 is 1.38 bits per heavy atom. The fourth-order valence-corrected chi connectivity index (χ4v) is 3.11. The van der Waals surface area contributed by atoms with Crippen LogP contribution in [-0.4, -0.2) is 43.1 Å².